The normalized spacial score (nSPS) is 19.6. The maximum absolute atomic E-state index is 12.7. The zero-order valence-electron chi connectivity index (χ0n) is 16.1. The van der Waals surface area contributed by atoms with Crippen LogP contribution in [0.1, 0.15) is 57.1 Å². The third-order valence-electron chi connectivity index (χ3n) is 5.06. The van der Waals surface area contributed by atoms with Crippen LogP contribution in [0.5, 0.6) is 0 Å². The molecule has 1 unspecified atom stereocenters. The van der Waals surface area contributed by atoms with Crippen molar-refractivity contribution in [1.82, 2.24) is 10.2 Å². The van der Waals surface area contributed by atoms with Gasteiger partial charge in [0.15, 0.2) is 0 Å². The highest BCUT2D eigenvalue weighted by atomic mass is 16.2. The second-order valence-electron chi connectivity index (χ2n) is 7.26. The van der Waals surface area contributed by atoms with Crippen LogP contribution in [0.25, 0.3) is 0 Å². The summed E-state index contributed by atoms with van der Waals surface area (Å²) in [6.45, 7) is 7.48. The molecule has 1 heterocycles. The first-order valence-corrected chi connectivity index (χ1v) is 9.28. The number of amides is 4. The number of aryl methyl sites for hydroxylation is 1. The van der Waals surface area contributed by atoms with Crippen LogP contribution in [0.15, 0.2) is 18.2 Å². The number of benzene rings is 1. The molecular weight excluding hydrogens is 330 g/mol. The van der Waals surface area contributed by atoms with Crippen molar-refractivity contribution < 1.29 is 14.4 Å². The molecule has 0 aliphatic carbocycles. The molecule has 0 spiro atoms. The van der Waals surface area contributed by atoms with E-state index in [2.05, 4.69) is 17.6 Å². The standard InChI is InChI=1S/C20H29N3O3/c1-5-6-7-8-12-20(4)18(25)23(19(26)22-20)13-17(24)21-16-11-9-10-14(2)15(16)3/h9-11H,5-8,12-13H2,1-4H3,(H,21,24)(H,22,26). The van der Waals surface area contributed by atoms with E-state index in [0.29, 0.717) is 12.1 Å². The van der Waals surface area contributed by atoms with Crippen LogP contribution in [-0.4, -0.2) is 34.8 Å². The Labute approximate surface area is 155 Å². The number of unbranched alkanes of at least 4 members (excludes halogenated alkanes) is 3. The van der Waals surface area contributed by atoms with Crippen LogP contribution in [0, 0.1) is 13.8 Å². The second-order valence-corrected chi connectivity index (χ2v) is 7.26. The fourth-order valence-electron chi connectivity index (χ4n) is 3.19. The minimum absolute atomic E-state index is 0.275. The molecule has 1 aromatic rings. The number of rotatable bonds is 8. The molecule has 142 valence electrons. The van der Waals surface area contributed by atoms with E-state index in [1.54, 1.807) is 6.92 Å². The molecule has 1 aromatic carbocycles. The Kier molecular flexibility index (Phi) is 6.40. The summed E-state index contributed by atoms with van der Waals surface area (Å²) in [5.41, 5.74) is 1.82. The smallest absolute Gasteiger partial charge is 0.324 e. The zero-order valence-corrected chi connectivity index (χ0v) is 16.1. The van der Waals surface area contributed by atoms with Crippen molar-refractivity contribution >= 4 is 23.5 Å². The predicted molar refractivity (Wildman–Crippen MR) is 102 cm³/mol. The van der Waals surface area contributed by atoms with Crippen LogP contribution in [0.4, 0.5) is 10.5 Å². The molecular formula is C20H29N3O3. The van der Waals surface area contributed by atoms with Gasteiger partial charge in [0.1, 0.15) is 12.1 Å². The van der Waals surface area contributed by atoms with Gasteiger partial charge >= 0.3 is 6.03 Å². The Morgan fingerprint density at radius 1 is 1.19 bits per heavy atom. The maximum atomic E-state index is 12.7. The Morgan fingerprint density at radius 3 is 2.62 bits per heavy atom. The number of urea groups is 1. The summed E-state index contributed by atoms with van der Waals surface area (Å²) in [6.07, 6.45) is 4.72. The van der Waals surface area contributed by atoms with Gasteiger partial charge in [-0.15, -0.1) is 0 Å². The van der Waals surface area contributed by atoms with Gasteiger partial charge in [-0.05, 0) is 44.4 Å². The number of imide groups is 1. The first-order valence-electron chi connectivity index (χ1n) is 9.28. The Balaban J connectivity index is 1.98. The van der Waals surface area contributed by atoms with Crippen LogP contribution >= 0.6 is 0 Å². The molecule has 0 bridgehead atoms. The third-order valence-corrected chi connectivity index (χ3v) is 5.06. The average Bonchev–Trinajstić information content (AvgIpc) is 2.79. The number of carbonyl (C=O) groups excluding carboxylic acids is 3. The van der Waals surface area contributed by atoms with Gasteiger partial charge in [0.05, 0.1) is 0 Å². The summed E-state index contributed by atoms with van der Waals surface area (Å²) in [6, 6.07) is 5.14. The summed E-state index contributed by atoms with van der Waals surface area (Å²) < 4.78 is 0. The fraction of sp³-hybridized carbons (Fsp3) is 0.550. The Morgan fingerprint density at radius 2 is 1.92 bits per heavy atom. The lowest BCUT2D eigenvalue weighted by Gasteiger charge is -2.21. The molecule has 1 aliphatic heterocycles. The van der Waals surface area contributed by atoms with Gasteiger partial charge in [0, 0.05) is 5.69 Å². The maximum Gasteiger partial charge on any atom is 0.325 e. The van der Waals surface area contributed by atoms with Crippen LogP contribution in [0.3, 0.4) is 0 Å². The number of anilines is 1. The van der Waals surface area contributed by atoms with Crippen molar-refractivity contribution in [1.29, 1.82) is 0 Å². The zero-order chi connectivity index (χ0) is 19.3. The largest absolute Gasteiger partial charge is 0.325 e. The summed E-state index contributed by atoms with van der Waals surface area (Å²) in [5, 5.41) is 5.55. The van der Waals surface area contributed by atoms with Crippen molar-refractivity contribution in [3.8, 4) is 0 Å². The van der Waals surface area contributed by atoms with Crippen LogP contribution in [0.2, 0.25) is 0 Å². The third kappa shape index (κ3) is 4.42. The Bertz CT molecular complexity index is 702. The minimum Gasteiger partial charge on any atom is -0.324 e. The number of carbonyl (C=O) groups is 3. The first kappa shape index (κ1) is 19.9. The summed E-state index contributed by atoms with van der Waals surface area (Å²) in [5.74, 6) is -0.701. The van der Waals surface area contributed by atoms with Crippen LogP contribution < -0.4 is 10.6 Å². The van der Waals surface area contributed by atoms with Crippen molar-refractivity contribution in [3.63, 3.8) is 0 Å². The van der Waals surface area contributed by atoms with Crippen molar-refractivity contribution in [2.75, 3.05) is 11.9 Å². The molecule has 6 nitrogen and oxygen atoms in total. The van der Waals surface area contributed by atoms with Gasteiger partial charge in [-0.3, -0.25) is 14.5 Å². The number of hydrogen-bond acceptors (Lipinski definition) is 3. The Hall–Kier alpha value is -2.37. The highest BCUT2D eigenvalue weighted by molar-refractivity contribution is 6.10. The molecule has 1 saturated heterocycles. The minimum atomic E-state index is -0.912. The van der Waals surface area contributed by atoms with E-state index in [4.69, 9.17) is 0 Å². The lowest BCUT2D eigenvalue weighted by Crippen LogP contribution is -2.44. The molecule has 4 amide bonds. The molecule has 6 heteroatoms. The molecule has 0 aromatic heterocycles. The van der Waals surface area contributed by atoms with E-state index in [0.717, 1.165) is 41.7 Å². The van der Waals surface area contributed by atoms with E-state index >= 15 is 0 Å². The summed E-state index contributed by atoms with van der Waals surface area (Å²) >= 11 is 0. The van der Waals surface area contributed by atoms with Gasteiger partial charge in [-0.25, -0.2) is 4.79 Å². The van der Waals surface area contributed by atoms with Crippen molar-refractivity contribution in [3.05, 3.63) is 29.3 Å². The highest BCUT2D eigenvalue weighted by Gasteiger charge is 2.47. The van der Waals surface area contributed by atoms with E-state index in [1.807, 2.05) is 32.0 Å². The molecule has 1 fully saturated rings. The lowest BCUT2D eigenvalue weighted by molar-refractivity contribution is -0.133. The average molecular weight is 359 g/mol. The molecule has 1 atom stereocenters. The summed E-state index contributed by atoms with van der Waals surface area (Å²) in [4.78, 5) is 38.2. The monoisotopic (exact) mass is 359 g/mol. The highest BCUT2D eigenvalue weighted by Crippen LogP contribution is 2.24. The van der Waals surface area contributed by atoms with Gasteiger partial charge in [0.2, 0.25) is 5.91 Å². The molecule has 0 saturated carbocycles. The van der Waals surface area contributed by atoms with E-state index in [9.17, 15) is 14.4 Å². The number of nitrogens with zero attached hydrogens (tertiary/aromatic N) is 1. The quantitative estimate of drug-likeness (QED) is 0.550. The molecule has 0 radical (unpaired) electrons. The lowest BCUT2D eigenvalue weighted by atomic mass is 9.94. The van der Waals surface area contributed by atoms with E-state index in [-0.39, 0.29) is 18.4 Å². The molecule has 2 rings (SSSR count). The van der Waals surface area contributed by atoms with E-state index in [1.165, 1.54) is 0 Å². The van der Waals surface area contributed by atoms with Gasteiger partial charge in [-0.2, -0.15) is 0 Å². The van der Waals surface area contributed by atoms with Crippen molar-refractivity contribution in [2.24, 2.45) is 0 Å². The molecule has 2 N–H and O–H groups in total. The van der Waals surface area contributed by atoms with Crippen LogP contribution in [-0.2, 0) is 9.59 Å². The topological polar surface area (TPSA) is 78.5 Å². The van der Waals surface area contributed by atoms with E-state index < -0.39 is 11.6 Å². The molecule has 26 heavy (non-hydrogen) atoms. The SMILES string of the molecule is CCCCCCC1(C)NC(=O)N(CC(=O)Nc2cccc(C)c2C)C1=O. The fourth-order valence-corrected chi connectivity index (χ4v) is 3.19. The predicted octanol–water partition coefficient (Wildman–Crippen LogP) is 3.52. The van der Waals surface area contributed by atoms with Gasteiger partial charge in [0.25, 0.3) is 5.91 Å². The van der Waals surface area contributed by atoms with Crippen molar-refractivity contribution in [2.45, 2.75) is 65.3 Å². The second kappa shape index (κ2) is 8.34. The number of hydrogen-bond donors (Lipinski definition) is 2. The van der Waals surface area contributed by atoms with Gasteiger partial charge < -0.3 is 10.6 Å². The molecule has 1 aliphatic rings. The first-order chi connectivity index (χ1) is 12.3. The van der Waals surface area contributed by atoms with Gasteiger partial charge in [-0.1, -0.05) is 44.7 Å². The summed E-state index contributed by atoms with van der Waals surface area (Å²) in [7, 11) is 0. The number of nitrogens with one attached hydrogen (secondary N) is 2.